The van der Waals surface area contributed by atoms with Gasteiger partial charge < -0.3 is 15.5 Å². The third-order valence-electron chi connectivity index (χ3n) is 5.27. The monoisotopic (exact) mass is 376 g/mol. The molecule has 1 heterocycles. The van der Waals surface area contributed by atoms with E-state index in [2.05, 4.69) is 16.7 Å². The van der Waals surface area contributed by atoms with Crippen molar-refractivity contribution < 1.29 is 9.59 Å². The van der Waals surface area contributed by atoms with Gasteiger partial charge in [0.15, 0.2) is 0 Å². The highest BCUT2D eigenvalue weighted by atomic mass is 16.2. The van der Waals surface area contributed by atoms with Gasteiger partial charge in [0, 0.05) is 25.8 Å². The molecule has 0 bridgehead atoms. The predicted octanol–water partition coefficient (Wildman–Crippen LogP) is 3.06. The Balaban J connectivity index is 1.62. The van der Waals surface area contributed by atoms with Crippen molar-refractivity contribution in [1.82, 2.24) is 10.2 Å². The Morgan fingerprint density at radius 2 is 1.82 bits per heavy atom. The lowest BCUT2D eigenvalue weighted by atomic mass is 9.74. The number of piperidine rings is 1. The van der Waals surface area contributed by atoms with Crippen LogP contribution in [-0.2, 0) is 16.6 Å². The van der Waals surface area contributed by atoms with Crippen molar-refractivity contribution in [1.29, 1.82) is 5.26 Å². The Hall–Kier alpha value is -3.33. The number of nitrogens with zero attached hydrogens (tertiary/aromatic N) is 2. The highest BCUT2D eigenvalue weighted by molar-refractivity contribution is 5.89. The quantitative estimate of drug-likeness (QED) is 0.860. The lowest BCUT2D eigenvalue weighted by molar-refractivity contribution is -0.119. The first kappa shape index (κ1) is 19.4. The molecule has 0 aliphatic carbocycles. The average molecular weight is 376 g/mol. The molecule has 2 aromatic carbocycles. The van der Waals surface area contributed by atoms with Gasteiger partial charge in [0.25, 0.3) is 0 Å². The summed E-state index contributed by atoms with van der Waals surface area (Å²) in [6, 6.07) is 19.4. The van der Waals surface area contributed by atoms with Crippen LogP contribution in [0.25, 0.3) is 0 Å². The lowest BCUT2D eigenvalue weighted by Crippen LogP contribution is -2.46. The van der Waals surface area contributed by atoms with Crippen molar-refractivity contribution in [2.75, 3.05) is 25.5 Å². The standard InChI is InChI=1S/C22H24N4O2/c1-24-20(27)15-17-6-5-9-19(14-17)25-21(28)26-12-10-22(16-23,11-13-26)18-7-3-2-4-8-18/h2-9,14H,10-13,15H2,1H3,(H,24,27)(H,25,28). The number of nitrogens with one attached hydrogen (secondary N) is 2. The van der Waals surface area contributed by atoms with E-state index in [0.717, 1.165) is 11.1 Å². The molecule has 1 fully saturated rings. The Labute approximate surface area is 165 Å². The average Bonchev–Trinajstić information content (AvgIpc) is 2.74. The number of carbonyl (C=O) groups is 2. The SMILES string of the molecule is CNC(=O)Cc1cccc(NC(=O)N2CCC(C#N)(c3ccccc3)CC2)c1. The molecule has 0 radical (unpaired) electrons. The van der Waals surface area contributed by atoms with Crippen LogP contribution in [0.5, 0.6) is 0 Å². The summed E-state index contributed by atoms with van der Waals surface area (Å²) in [6.45, 7) is 1.04. The molecule has 3 rings (SSSR count). The third kappa shape index (κ3) is 4.32. The molecule has 2 aromatic rings. The van der Waals surface area contributed by atoms with Gasteiger partial charge in [0.05, 0.1) is 17.9 Å². The van der Waals surface area contributed by atoms with E-state index >= 15 is 0 Å². The van der Waals surface area contributed by atoms with Crippen molar-refractivity contribution in [2.24, 2.45) is 0 Å². The number of likely N-dealkylation sites (N-methyl/N-ethyl adjacent to an activating group) is 1. The van der Waals surface area contributed by atoms with Crippen molar-refractivity contribution in [2.45, 2.75) is 24.7 Å². The summed E-state index contributed by atoms with van der Waals surface area (Å²) in [7, 11) is 1.60. The van der Waals surface area contributed by atoms with Crippen molar-refractivity contribution in [3.05, 3.63) is 65.7 Å². The number of likely N-dealkylation sites (tertiary alicyclic amines) is 1. The van der Waals surface area contributed by atoms with E-state index in [9.17, 15) is 14.9 Å². The van der Waals surface area contributed by atoms with Gasteiger partial charge in [-0.1, -0.05) is 42.5 Å². The number of amides is 3. The Kier molecular flexibility index (Phi) is 5.95. The number of benzene rings is 2. The Morgan fingerprint density at radius 3 is 2.46 bits per heavy atom. The van der Waals surface area contributed by atoms with Crippen LogP contribution in [0.15, 0.2) is 54.6 Å². The smallest absolute Gasteiger partial charge is 0.321 e. The zero-order chi connectivity index (χ0) is 20.0. The molecule has 0 atom stereocenters. The summed E-state index contributed by atoms with van der Waals surface area (Å²) in [5.74, 6) is -0.0757. The number of hydrogen-bond acceptors (Lipinski definition) is 3. The molecule has 1 aliphatic heterocycles. The largest absolute Gasteiger partial charge is 0.359 e. The fraction of sp³-hybridized carbons (Fsp3) is 0.318. The molecule has 0 saturated carbocycles. The van der Waals surface area contributed by atoms with Gasteiger partial charge >= 0.3 is 6.03 Å². The molecule has 0 aromatic heterocycles. The minimum absolute atomic E-state index is 0.0757. The van der Waals surface area contributed by atoms with Gasteiger partial charge in [-0.05, 0) is 36.1 Å². The van der Waals surface area contributed by atoms with Crippen molar-refractivity contribution in [3.8, 4) is 6.07 Å². The molecular formula is C22H24N4O2. The molecule has 2 N–H and O–H groups in total. The molecule has 6 nitrogen and oxygen atoms in total. The molecule has 0 spiro atoms. The Morgan fingerprint density at radius 1 is 1.11 bits per heavy atom. The summed E-state index contributed by atoms with van der Waals surface area (Å²) < 4.78 is 0. The summed E-state index contributed by atoms with van der Waals surface area (Å²) in [5, 5.41) is 15.3. The van der Waals surface area contributed by atoms with Gasteiger partial charge in [-0.2, -0.15) is 5.26 Å². The second-order valence-corrected chi connectivity index (χ2v) is 7.03. The van der Waals surface area contributed by atoms with Gasteiger partial charge in [-0.25, -0.2) is 4.79 Å². The van der Waals surface area contributed by atoms with Crippen LogP contribution >= 0.6 is 0 Å². The van der Waals surface area contributed by atoms with Crippen LogP contribution in [0.2, 0.25) is 0 Å². The van der Waals surface area contributed by atoms with Crippen LogP contribution in [0.1, 0.15) is 24.0 Å². The highest BCUT2D eigenvalue weighted by Gasteiger charge is 2.37. The topological polar surface area (TPSA) is 85.2 Å². The van der Waals surface area contributed by atoms with Gasteiger partial charge in [-0.15, -0.1) is 0 Å². The van der Waals surface area contributed by atoms with Crippen LogP contribution in [-0.4, -0.2) is 37.0 Å². The zero-order valence-electron chi connectivity index (χ0n) is 15.9. The molecule has 1 aliphatic rings. The van der Waals surface area contributed by atoms with E-state index in [1.807, 2.05) is 42.5 Å². The fourth-order valence-electron chi connectivity index (χ4n) is 3.55. The maximum Gasteiger partial charge on any atom is 0.321 e. The molecule has 144 valence electrons. The summed E-state index contributed by atoms with van der Waals surface area (Å²) >= 11 is 0. The van der Waals surface area contributed by atoms with Crippen molar-refractivity contribution in [3.63, 3.8) is 0 Å². The molecule has 28 heavy (non-hydrogen) atoms. The van der Waals surface area contributed by atoms with Gasteiger partial charge in [0.2, 0.25) is 5.91 Å². The maximum absolute atomic E-state index is 12.6. The molecule has 0 unspecified atom stereocenters. The van der Waals surface area contributed by atoms with Crippen LogP contribution in [0, 0.1) is 11.3 Å². The zero-order valence-corrected chi connectivity index (χ0v) is 15.9. The van der Waals surface area contributed by atoms with Gasteiger partial charge in [0.1, 0.15) is 0 Å². The lowest BCUT2D eigenvalue weighted by Gasteiger charge is -2.37. The fourth-order valence-corrected chi connectivity index (χ4v) is 3.55. The number of anilines is 1. The number of hydrogen-bond donors (Lipinski definition) is 2. The number of carbonyl (C=O) groups excluding carboxylic acids is 2. The first-order valence-corrected chi connectivity index (χ1v) is 9.38. The summed E-state index contributed by atoms with van der Waals surface area (Å²) in [4.78, 5) is 25.9. The molecule has 6 heteroatoms. The number of rotatable bonds is 4. The highest BCUT2D eigenvalue weighted by Crippen LogP contribution is 2.35. The van der Waals surface area contributed by atoms with Crippen LogP contribution < -0.4 is 10.6 Å². The summed E-state index contributed by atoms with van der Waals surface area (Å²) in [5.41, 5.74) is 1.97. The second-order valence-electron chi connectivity index (χ2n) is 7.03. The van der Waals surface area contributed by atoms with E-state index in [1.54, 1.807) is 24.1 Å². The van der Waals surface area contributed by atoms with Gasteiger partial charge in [-0.3, -0.25) is 4.79 Å². The Bertz CT molecular complexity index is 881. The van der Waals surface area contributed by atoms with Crippen LogP contribution in [0.3, 0.4) is 0 Å². The summed E-state index contributed by atoms with van der Waals surface area (Å²) in [6.07, 6.45) is 1.49. The van der Waals surface area contributed by atoms with E-state index in [-0.39, 0.29) is 18.4 Å². The van der Waals surface area contributed by atoms with E-state index in [0.29, 0.717) is 31.6 Å². The number of nitriles is 1. The van der Waals surface area contributed by atoms with Crippen LogP contribution in [0.4, 0.5) is 10.5 Å². The molecule has 1 saturated heterocycles. The normalized spacial score (nSPS) is 15.4. The second kappa shape index (κ2) is 8.57. The minimum atomic E-state index is -0.536. The molecule has 3 amide bonds. The first-order valence-electron chi connectivity index (χ1n) is 9.38. The minimum Gasteiger partial charge on any atom is -0.359 e. The van der Waals surface area contributed by atoms with Crippen molar-refractivity contribution >= 4 is 17.6 Å². The predicted molar refractivity (Wildman–Crippen MR) is 108 cm³/mol. The molecular weight excluding hydrogens is 352 g/mol. The third-order valence-corrected chi connectivity index (χ3v) is 5.27. The van der Waals surface area contributed by atoms with E-state index in [1.165, 1.54) is 0 Å². The van der Waals surface area contributed by atoms with E-state index in [4.69, 9.17) is 0 Å². The maximum atomic E-state index is 12.6. The van der Waals surface area contributed by atoms with E-state index < -0.39 is 5.41 Å². The first-order chi connectivity index (χ1) is 13.6. The number of urea groups is 1.